The number of halogens is 1. The third-order valence-corrected chi connectivity index (χ3v) is 2.90. The first kappa shape index (κ1) is 14.6. The van der Waals surface area contributed by atoms with Crippen molar-refractivity contribution in [3.8, 4) is 6.07 Å². The second-order valence-corrected chi connectivity index (χ2v) is 4.42. The van der Waals surface area contributed by atoms with E-state index >= 15 is 0 Å². The molecular weight excluding hydrogens is 231 g/mol. The summed E-state index contributed by atoms with van der Waals surface area (Å²) >= 11 is 0. The molecule has 0 aromatic heterocycles. The lowest BCUT2D eigenvalue weighted by Gasteiger charge is -2.24. The first-order valence-corrected chi connectivity index (χ1v) is 6.13. The SMILES string of the molecule is CCN(CC(C)C#N)CC(O)c1ccccc1F. The average Bonchev–Trinajstić information content (AvgIpc) is 2.38. The third kappa shape index (κ3) is 4.10. The van der Waals surface area contributed by atoms with Gasteiger partial charge in [-0.15, -0.1) is 0 Å². The van der Waals surface area contributed by atoms with E-state index in [0.717, 1.165) is 6.54 Å². The van der Waals surface area contributed by atoms with Gasteiger partial charge in [0, 0.05) is 18.7 Å². The highest BCUT2D eigenvalue weighted by atomic mass is 19.1. The summed E-state index contributed by atoms with van der Waals surface area (Å²) in [6.07, 6.45) is -0.864. The number of rotatable bonds is 6. The van der Waals surface area contributed by atoms with E-state index in [-0.39, 0.29) is 5.92 Å². The molecule has 1 aromatic carbocycles. The minimum atomic E-state index is -0.864. The van der Waals surface area contributed by atoms with Gasteiger partial charge in [-0.2, -0.15) is 5.26 Å². The monoisotopic (exact) mass is 250 g/mol. The van der Waals surface area contributed by atoms with Crippen LogP contribution in [0.3, 0.4) is 0 Å². The maximum absolute atomic E-state index is 13.5. The zero-order valence-electron chi connectivity index (χ0n) is 10.8. The first-order chi connectivity index (χ1) is 8.58. The highest BCUT2D eigenvalue weighted by Crippen LogP contribution is 2.18. The van der Waals surface area contributed by atoms with Crippen molar-refractivity contribution in [2.75, 3.05) is 19.6 Å². The lowest BCUT2D eigenvalue weighted by Crippen LogP contribution is -2.32. The van der Waals surface area contributed by atoms with Crippen molar-refractivity contribution in [3.05, 3.63) is 35.6 Å². The van der Waals surface area contributed by atoms with Gasteiger partial charge in [-0.05, 0) is 19.5 Å². The van der Waals surface area contributed by atoms with Gasteiger partial charge in [-0.25, -0.2) is 4.39 Å². The summed E-state index contributed by atoms with van der Waals surface area (Å²) in [5.74, 6) is -0.493. The van der Waals surface area contributed by atoms with Gasteiger partial charge in [0.05, 0.1) is 18.1 Å². The second kappa shape index (κ2) is 7.10. The van der Waals surface area contributed by atoms with Crippen LogP contribution < -0.4 is 0 Å². The number of nitrogens with zero attached hydrogens (tertiary/aromatic N) is 2. The summed E-state index contributed by atoms with van der Waals surface area (Å²) in [7, 11) is 0. The van der Waals surface area contributed by atoms with Gasteiger partial charge in [0.1, 0.15) is 5.82 Å². The molecule has 1 rings (SSSR count). The Hall–Kier alpha value is -1.44. The number of likely N-dealkylation sites (N-methyl/N-ethyl adjacent to an activating group) is 1. The first-order valence-electron chi connectivity index (χ1n) is 6.13. The molecule has 1 N–H and O–H groups in total. The van der Waals surface area contributed by atoms with Gasteiger partial charge in [0.15, 0.2) is 0 Å². The fourth-order valence-electron chi connectivity index (χ4n) is 1.85. The molecule has 0 aliphatic carbocycles. The Kier molecular flexibility index (Phi) is 5.76. The molecule has 4 heteroatoms. The maximum Gasteiger partial charge on any atom is 0.129 e. The van der Waals surface area contributed by atoms with Crippen LogP contribution in [0.1, 0.15) is 25.5 Å². The number of nitriles is 1. The number of hydrogen-bond acceptors (Lipinski definition) is 3. The van der Waals surface area contributed by atoms with Crippen LogP contribution in [0, 0.1) is 23.1 Å². The van der Waals surface area contributed by atoms with E-state index in [1.54, 1.807) is 18.2 Å². The molecule has 0 aliphatic heterocycles. The zero-order chi connectivity index (χ0) is 13.5. The van der Waals surface area contributed by atoms with Crippen LogP contribution in [-0.2, 0) is 0 Å². The van der Waals surface area contributed by atoms with Gasteiger partial charge in [-0.3, -0.25) is 4.90 Å². The van der Waals surface area contributed by atoms with Crippen LogP contribution in [0.25, 0.3) is 0 Å². The topological polar surface area (TPSA) is 47.3 Å². The van der Waals surface area contributed by atoms with Crippen LogP contribution >= 0.6 is 0 Å². The Bertz CT molecular complexity index is 417. The molecule has 1 aromatic rings. The molecule has 0 aliphatic rings. The average molecular weight is 250 g/mol. The molecule has 0 saturated carbocycles. The Morgan fingerprint density at radius 1 is 1.39 bits per heavy atom. The maximum atomic E-state index is 13.5. The summed E-state index contributed by atoms with van der Waals surface area (Å²) in [6.45, 7) is 5.43. The molecule has 0 amide bonds. The van der Waals surface area contributed by atoms with Gasteiger partial charge in [0.2, 0.25) is 0 Å². The van der Waals surface area contributed by atoms with Crippen LogP contribution in [0.4, 0.5) is 4.39 Å². The van der Waals surface area contributed by atoms with E-state index in [1.165, 1.54) is 6.07 Å². The fourth-order valence-corrected chi connectivity index (χ4v) is 1.85. The Morgan fingerprint density at radius 3 is 2.61 bits per heavy atom. The predicted molar refractivity (Wildman–Crippen MR) is 68.3 cm³/mol. The number of aliphatic hydroxyl groups is 1. The van der Waals surface area contributed by atoms with Crippen LogP contribution in [-0.4, -0.2) is 29.6 Å². The smallest absolute Gasteiger partial charge is 0.129 e. The summed E-state index contributed by atoms with van der Waals surface area (Å²) < 4.78 is 13.5. The molecule has 98 valence electrons. The van der Waals surface area contributed by atoms with Crippen molar-refractivity contribution in [3.63, 3.8) is 0 Å². The van der Waals surface area contributed by atoms with E-state index in [2.05, 4.69) is 6.07 Å². The zero-order valence-corrected chi connectivity index (χ0v) is 10.8. The lowest BCUT2D eigenvalue weighted by molar-refractivity contribution is 0.109. The Labute approximate surface area is 107 Å². The minimum absolute atomic E-state index is 0.0993. The Morgan fingerprint density at radius 2 is 2.06 bits per heavy atom. The molecular formula is C14H19FN2O. The molecule has 0 saturated heterocycles. The highest BCUT2D eigenvalue weighted by molar-refractivity contribution is 5.20. The fraction of sp³-hybridized carbons (Fsp3) is 0.500. The van der Waals surface area contributed by atoms with Crippen molar-refractivity contribution in [1.29, 1.82) is 5.26 Å². The predicted octanol–water partition coefficient (Wildman–Crippen LogP) is 2.34. The lowest BCUT2D eigenvalue weighted by atomic mass is 10.1. The van der Waals surface area contributed by atoms with E-state index in [9.17, 15) is 9.50 Å². The van der Waals surface area contributed by atoms with Gasteiger partial charge >= 0.3 is 0 Å². The highest BCUT2D eigenvalue weighted by Gasteiger charge is 2.17. The summed E-state index contributed by atoms with van der Waals surface area (Å²) in [5, 5.41) is 18.8. The van der Waals surface area contributed by atoms with E-state index < -0.39 is 11.9 Å². The number of aliphatic hydroxyl groups excluding tert-OH is 1. The van der Waals surface area contributed by atoms with Crippen LogP contribution in [0.15, 0.2) is 24.3 Å². The van der Waals surface area contributed by atoms with E-state index in [4.69, 9.17) is 5.26 Å². The molecule has 18 heavy (non-hydrogen) atoms. The number of benzene rings is 1. The molecule has 0 fully saturated rings. The molecule has 0 radical (unpaired) electrons. The summed E-state index contributed by atoms with van der Waals surface area (Å²) in [4.78, 5) is 1.95. The Balaban J connectivity index is 2.65. The van der Waals surface area contributed by atoms with Crippen molar-refractivity contribution in [2.24, 2.45) is 5.92 Å². The molecule has 2 atom stereocenters. The normalized spacial score (nSPS) is 14.2. The molecule has 0 bridgehead atoms. The van der Waals surface area contributed by atoms with Crippen molar-refractivity contribution < 1.29 is 9.50 Å². The molecule has 2 unspecified atom stereocenters. The second-order valence-electron chi connectivity index (χ2n) is 4.42. The molecule has 0 spiro atoms. The van der Waals surface area contributed by atoms with Gasteiger partial charge in [-0.1, -0.05) is 25.1 Å². The standard InChI is InChI=1S/C14H19FN2O/c1-3-17(9-11(2)8-16)10-14(18)12-6-4-5-7-13(12)15/h4-7,11,14,18H,3,9-10H2,1-2H3. The molecule has 0 heterocycles. The van der Waals surface area contributed by atoms with E-state index in [1.807, 2.05) is 18.7 Å². The van der Waals surface area contributed by atoms with Crippen molar-refractivity contribution in [2.45, 2.75) is 20.0 Å². The van der Waals surface area contributed by atoms with Crippen molar-refractivity contribution >= 4 is 0 Å². The van der Waals surface area contributed by atoms with Gasteiger partial charge in [0.25, 0.3) is 0 Å². The third-order valence-electron chi connectivity index (χ3n) is 2.90. The van der Waals surface area contributed by atoms with Crippen LogP contribution in [0.2, 0.25) is 0 Å². The molecule has 3 nitrogen and oxygen atoms in total. The summed E-state index contributed by atoms with van der Waals surface area (Å²) in [6, 6.07) is 8.38. The quantitative estimate of drug-likeness (QED) is 0.843. The summed E-state index contributed by atoms with van der Waals surface area (Å²) in [5.41, 5.74) is 0.306. The van der Waals surface area contributed by atoms with Crippen molar-refractivity contribution in [1.82, 2.24) is 4.90 Å². The largest absolute Gasteiger partial charge is 0.387 e. The number of hydrogen-bond donors (Lipinski definition) is 1. The van der Waals surface area contributed by atoms with Crippen LogP contribution in [0.5, 0.6) is 0 Å². The van der Waals surface area contributed by atoms with Gasteiger partial charge < -0.3 is 5.11 Å². The van der Waals surface area contributed by atoms with E-state index in [0.29, 0.717) is 18.7 Å². The minimum Gasteiger partial charge on any atom is -0.387 e.